The number of aliphatic hydroxyl groups is 1. The Morgan fingerprint density at radius 1 is 0.379 bits per heavy atom. The fraction of sp³-hybridized carbons (Fsp3) is 1.00. The molecule has 0 atom stereocenters. The third-order valence-electron chi connectivity index (χ3n) is 5.37. The van der Waals surface area contributed by atoms with Gasteiger partial charge in [0.2, 0.25) is 0 Å². The third kappa shape index (κ3) is 27.8. The van der Waals surface area contributed by atoms with E-state index in [1.54, 1.807) is 0 Å². The van der Waals surface area contributed by atoms with Gasteiger partial charge >= 0.3 is 0 Å². The van der Waals surface area contributed by atoms with Crippen molar-refractivity contribution in [1.29, 1.82) is 0 Å². The molecule has 0 aromatic heterocycles. The monoisotopic (exact) mass is 416 g/mol. The number of rotatable bonds is 26. The second-order valence-electron chi connectivity index (χ2n) is 8.22. The first-order chi connectivity index (χ1) is 14.4. The maximum atomic E-state index is 8.56. The first-order valence-electron chi connectivity index (χ1n) is 12.8. The van der Waals surface area contributed by atoms with Gasteiger partial charge < -0.3 is 19.3 Å². The number of aliphatic hydroxyl groups excluding tert-OH is 1. The molecule has 176 valence electrons. The fourth-order valence-corrected chi connectivity index (χ4v) is 3.54. The molecule has 0 radical (unpaired) electrons. The van der Waals surface area contributed by atoms with Crippen LogP contribution in [0, 0.1) is 0 Å². The molecule has 29 heavy (non-hydrogen) atoms. The van der Waals surface area contributed by atoms with E-state index >= 15 is 0 Å². The van der Waals surface area contributed by atoms with E-state index in [2.05, 4.69) is 6.92 Å². The summed E-state index contributed by atoms with van der Waals surface area (Å²) in [5.41, 5.74) is 0. The third-order valence-corrected chi connectivity index (χ3v) is 5.37. The van der Waals surface area contributed by atoms with Crippen LogP contribution in [0.4, 0.5) is 0 Å². The fourth-order valence-electron chi connectivity index (χ4n) is 3.54. The summed E-state index contributed by atoms with van der Waals surface area (Å²) in [6.45, 7) is 6.00. The van der Waals surface area contributed by atoms with Crippen LogP contribution in [0.2, 0.25) is 0 Å². The average molecular weight is 417 g/mol. The molecule has 0 saturated heterocycles. The van der Waals surface area contributed by atoms with Gasteiger partial charge in [-0.3, -0.25) is 0 Å². The SMILES string of the molecule is CCCCCCCCCCCCCCCCCCCOCCOCCOCCO. The maximum Gasteiger partial charge on any atom is 0.0701 e. The molecule has 1 N–H and O–H groups in total. The molecule has 0 unspecified atom stereocenters. The lowest BCUT2D eigenvalue weighted by Gasteiger charge is -2.06. The van der Waals surface area contributed by atoms with Gasteiger partial charge in [0, 0.05) is 6.61 Å². The highest BCUT2D eigenvalue weighted by atomic mass is 16.5. The number of unbranched alkanes of at least 4 members (excludes halogenated alkanes) is 16. The van der Waals surface area contributed by atoms with Crippen LogP contribution in [0.15, 0.2) is 0 Å². The lowest BCUT2D eigenvalue weighted by atomic mass is 10.0. The minimum atomic E-state index is 0.0719. The summed E-state index contributed by atoms with van der Waals surface area (Å²) in [7, 11) is 0. The zero-order chi connectivity index (χ0) is 21.1. The number of ether oxygens (including phenoxy) is 3. The summed E-state index contributed by atoms with van der Waals surface area (Å²) in [6.07, 6.45) is 23.9. The molecule has 0 bridgehead atoms. The average Bonchev–Trinajstić information content (AvgIpc) is 2.74. The van der Waals surface area contributed by atoms with Gasteiger partial charge in [0.25, 0.3) is 0 Å². The van der Waals surface area contributed by atoms with E-state index in [9.17, 15) is 0 Å². The van der Waals surface area contributed by atoms with Gasteiger partial charge in [0.15, 0.2) is 0 Å². The zero-order valence-electron chi connectivity index (χ0n) is 19.6. The van der Waals surface area contributed by atoms with Crippen LogP contribution < -0.4 is 0 Å². The molecule has 4 heteroatoms. The van der Waals surface area contributed by atoms with Crippen molar-refractivity contribution in [2.45, 2.75) is 116 Å². The van der Waals surface area contributed by atoms with Gasteiger partial charge in [-0.25, -0.2) is 0 Å². The smallest absolute Gasteiger partial charge is 0.0701 e. The van der Waals surface area contributed by atoms with E-state index in [1.807, 2.05) is 0 Å². The lowest BCUT2D eigenvalue weighted by Crippen LogP contribution is -2.11. The van der Waals surface area contributed by atoms with E-state index in [0.29, 0.717) is 33.0 Å². The Bertz CT molecular complexity index is 248. The van der Waals surface area contributed by atoms with Crippen molar-refractivity contribution < 1.29 is 19.3 Å². The summed E-state index contributed by atoms with van der Waals surface area (Å²) in [6, 6.07) is 0. The van der Waals surface area contributed by atoms with Crippen LogP contribution in [0.5, 0.6) is 0 Å². The zero-order valence-corrected chi connectivity index (χ0v) is 19.6. The first-order valence-corrected chi connectivity index (χ1v) is 12.8. The van der Waals surface area contributed by atoms with Crippen LogP contribution in [0.1, 0.15) is 116 Å². The molecule has 0 aromatic carbocycles. The van der Waals surface area contributed by atoms with Crippen LogP contribution >= 0.6 is 0 Å². The van der Waals surface area contributed by atoms with Crippen molar-refractivity contribution in [3.8, 4) is 0 Å². The van der Waals surface area contributed by atoms with Crippen LogP contribution in [-0.2, 0) is 14.2 Å². The molecule has 0 aliphatic heterocycles. The molecule has 0 amide bonds. The second-order valence-corrected chi connectivity index (χ2v) is 8.22. The van der Waals surface area contributed by atoms with Gasteiger partial charge in [-0.1, -0.05) is 110 Å². The Morgan fingerprint density at radius 2 is 0.690 bits per heavy atom. The number of hydrogen-bond acceptors (Lipinski definition) is 4. The maximum absolute atomic E-state index is 8.56. The predicted molar refractivity (Wildman–Crippen MR) is 124 cm³/mol. The van der Waals surface area contributed by atoms with Crippen molar-refractivity contribution in [3.05, 3.63) is 0 Å². The minimum absolute atomic E-state index is 0.0719. The van der Waals surface area contributed by atoms with E-state index in [0.717, 1.165) is 13.0 Å². The van der Waals surface area contributed by atoms with E-state index < -0.39 is 0 Å². The summed E-state index contributed by atoms with van der Waals surface area (Å²) in [5, 5.41) is 8.56. The Kier molecular flexibility index (Phi) is 27.7. The van der Waals surface area contributed by atoms with Gasteiger partial charge in [-0.15, -0.1) is 0 Å². The summed E-state index contributed by atoms with van der Waals surface area (Å²) in [5.74, 6) is 0. The van der Waals surface area contributed by atoms with Crippen LogP contribution in [-0.4, -0.2) is 51.4 Å². The van der Waals surface area contributed by atoms with Crippen molar-refractivity contribution >= 4 is 0 Å². The quantitative estimate of drug-likeness (QED) is 0.160. The summed E-state index contributed by atoms with van der Waals surface area (Å²) in [4.78, 5) is 0. The van der Waals surface area contributed by atoms with Crippen LogP contribution in [0.25, 0.3) is 0 Å². The topological polar surface area (TPSA) is 47.9 Å². The van der Waals surface area contributed by atoms with Crippen molar-refractivity contribution in [2.24, 2.45) is 0 Å². The molecular weight excluding hydrogens is 364 g/mol. The van der Waals surface area contributed by atoms with Crippen molar-refractivity contribution in [3.63, 3.8) is 0 Å². The molecule has 0 fully saturated rings. The largest absolute Gasteiger partial charge is 0.394 e. The second kappa shape index (κ2) is 27.8. The molecule has 0 aliphatic rings. The molecule has 0 heterocycles. The van der Waals surface area contributed by atoms with Gasteiger partial charge in [-0.05, 0) is 6.42 Å². The first kappa shape index (κ1) is 28.8. The molecule has 4 nitrogen and oxygen atoms in total. The highest BCUT2D eigenvalue weighted by Gasteiger charge is 1.96. The van der Waals surface area contributed by atoms with Crippen molar-refractivity contribution in [2.75, 3.05) is 46.2 Å². The minimum Gasteiger partial charge on any atom is -0.394 e. The highest BCUT2D eigenvalue weighted by molar-refractivity contribution is 4.50. The summed E-state index contributed by atoms with van der Waals surface area (Å²) < 4.78 is 16.1. The Hall–Kier alpha value is -0.160. The molecular formula is C25H52O4. The summed E-state index contributed by atoms with van der Waals surface area (Å²) >= 11 is 0. The Balaban J connectivity index is 2.97. The molecule has 0 saturated carbocycles. The van der Waals surface area contributed by atoms with Crippen LogP contribution in [0.3, 0.4) is 0 Å². The Labute approximate surface area is 182 Å². The molecule has 0 aliphatic carbocycles. The van der Waals surface area contributed by atoms with E-state index in [-0.39, 0.29) is 6.61 Å². The standard InChI is InChI=1S/C25H52O4/c1-2-3-4-5-6-7-8-9-10-11-12-13-14-15-16-17-18-20-27-22-24-29-25-23-28-21-19-26/h26H,2-25H2,1H3. The van der Waals surface area contributed by atoms with Crippen molar-refractivity contribution in [1.82, 2.24) is 0 Å². The highest BCUT2D eigenvalue weighted by Crippen LogP contribution is 2.14. The lowest BCUT2D eigenvalue weighted by molar-refractivity contribution is 0.00719. The normalized spacial score (nSPS) is 11.4. The van der Waals surface area contributed by atoms with Gasteiger partial charge in [0.1, 0.15) is 0 Å². The van der Waals surface area contributed by atoms with Gasteiger partial charge in [-0.2, -0.15) is 0 Å². The number of hydrogen-bond donors (Lipinski definition) is 1. The molecule has 0 spiro atoms. The van der Waals surface area contributed by atoms with E-state index in [1.165, 1.54) is 103 Å². The predicted octanol–water partition coefficient (Wildman–Crippen LogP) is 6.68. The van der Waals surface area contributed by atoms with E-state index in [4.69, 9.17) is 19.3 Å². The van der Waals surface area contributed by atoms with Gasteiger partial charge in [0.05, 0.1) is 39.6 Å². The Morgan fingerprint density at radius 3 is 1.07 bits per heavy atom. The molecule has 0 aromatic rings. The molecule has 0 rings (SSSR count).